The minimum atomic E-state index is -3.06. The fraction of sp³-hybridized carbons (Fsp3) is 0.571. The van der Waals surface area contributed by atoms with Crippen LogP contribution in [0.4, 0.5) is 13.2 Å². The summed E-state index contributed by atoms with van der Waals surface area (Å²) >= 11 is 3.12. The lowest BCUT2D eigenvalue weighted by Gasteiger charge is -2.36. The highest BCUT2D eigenvalue weighted by molar-refractivity contribution is 9.10. The third-order valence-electron chi connectivity index (χ3n) is 3.12. The second kappa shape index (κ2) is 7.42. The summed E-state index contributed by atoms with van der Waals surface area (Å²) in [5.41, 5.74) is -2.57. The van der Waals surface area contributed by atoms with Crippen LogP contribution in [0.3, 0.4) is 0 Å². The summed E-state index contributed by atoms with van der Waals surface area (Å²) in [7, 11) is -1.87. The first kappa shape index (κ1) is 19.6. The largest absolute Gasteiger partial charge is 0.396 e. The van der Waals surface area contributed by atoms with E-state index in [0.29, 0.717) is 4.47 Å². The second-order valence-corrected chi connectivity index (χ2v) is 8.73. The average molecular weight is 402 g/mol. The van der Waals surface area contributed by atoms with Crippen LogP contribution in [-0.2, 0) is 16.5 Å². The molecule has 22 heavy (non-hydrogen) atoms. The molecule has 0 bridgehead atoms. The lowest BCUT2D eigenvalue weighted by atomic mass is 9.88. The first-order valence-electron chi connectivity index (χ1n) is 6.59. The van der Waals surface area contributed by atoms with Gasteiger partial charge in [-0.15, -0.1) is 0 Å². The fourth-order valence-electron chi connectivity index (χ4n) is 1.85. The van der Waals surface area contributed by atoms with Gasteiger partial charge in [0.1, 0.15) is 11.4 Å². The summed E-state index contributed by atoms with van der Waals surface area (Å²) in [6, 6.07) is 3.65. The van der Waals surface area contributed by atoms with E-state index in [1.165, 1.54) is 12.1 Å². The number of alkyl halides is 2. The first-order valence-corrected chi connectivity index (χ1v) is 8.53. The van der Waals surface area contributed by atoms with E-state index in [2.05, 4.69) is 20.7 Å². The highest BCUT2D eigenvalue weighted by Gasteiger charge is 2.46. The summed E-state index contributed by atoms with van der Waals surface area (Å²) < 4.78 is 55.9. The Balaban J connectivity index is 3.45. The molecule has 0 fully saturated rings. The lowest BCUT2D eigenvalue weighted by Crippen LogP contribution is -2.53. The maximum Gasteiger partial charge on any atom is 0.261 e. The number of nitrogens with one attached hydrogen (secondary N) is 1. The first-order chi connectivity index (χ1) is 10.0. The highest BCUT2D eigenvalue weighted by Crippen LogP contribution is 2.36. The van der Waals surface area contributed by atoms with Gasteiger partial charge in [-0.1, -0.05) is 15.9 Å². The number of hydrogen-bond donors (Lipinski definition) is 2. The van der Waals surface area contributed by atoms with Crippen LogP contribution in [-0.4, -0.2) is 27.1 Å². The van der Waals surface area contributed by atoms with Gasteiger partial charge < -0.3 is 5.11 Å². The quantitative estimate of drug-likeness (QED) is 0.766. The number of aliphatic hydroxyl groups excluding tert-OH is 1. The zero-order chi connectivity index (χ0) is 17.1. The molecule has 3 nitrogen and oxygen atoms in total. The maximum atomic E-state index is 14.1. The Labute approximate surface area is 139 Å². The highest BCUT2D eigenvalue weighted by atomic mass is 79.9. The third-order valence-corrected chi connectivity index (χ3v) is 5.27. The molecule has 1 rings (SSSR count). The van der Waals surface area contributed by atoms with Gasteiger partial charge >= 0.3 is 0 Å². The molecular weight excluding hydrogens is 383 g/mol. The van der Waals surface area contributed by atoms with Gasteiger partial charge in [0, 0.05) is 16.6 Å². The zero-order valence-corrected chi connectivity index (χ0v) is 14.9. The number of benzene rings is 1. The van der Waals surface area contributed by atoms with Gasteiger partial charge in [-0.2, -0.15) is 0 Å². The van der Waals surface area contributed by atoms with E-state index >= 15 is 0 Å². The van der Waals surface area contributed by atoms with Crippen molar-refractivity contribution < 1.29 is 22.5 Å². The molecule has 0 aromatic heterocycles. The average Bonchev–Trinajstić information content (AvgIpc) is 2.39. The molecule has 0 amide bonds. The predicted molar refractivity (Wildman–Crippen MR) is 84.5 cm³/mol. The van der Waals surface area contributed by atoms with Gasteiger partial charge in [-0.3, -0.25) is 0 Å². The molecule has 0 aliphatic carbocycles. The van der Waals surface area contributed by atoms with Crippen LogP contribution >= 0.6 is 15.9 Å². The monoisotopic (exact) mass is 401 g/mol. The SMILES string of the molecule is CC(C)(C)[S@](=O)N[C@@](CCO)(c1cc(Br)ccc1F)C(F)F. The minimum absolute atomic E-state index is 0.330. The number of hydrogen-bond acceptors (Lipinski definition) is 2. The van der Waals surface area contributed by atoms with E-state index < -0.39 is 46.5 Å². The molecule has 0 aliphatic rings. The molecule has 0 saturated heterocycles. The van der Waals surface area contributed by atoms with Crippen molar-refractivity contribution in [3.63, 3.8) is 0 Å². The van der Waals surface area contributed by atoms with Gasteiger partial charge in [-0.05, 0) is 45.4 Å². The van der Waals surface area contributed by atoms with Gasteiger partial charge in [0.2, 0.25) is 0 Å². The number of halogens is 4. The molecular formula is C14H19BrF3NO2S. The van der Waals surface area contributed by atoms with E-state index in [1.54, 1.807) is 20.8 Å². The molecule has 126 valence electrons. The minimum Gasteiger partial charge on any atom is -0.396 e. The molecule has 0 radical (unpaired) electrons. The second-order valence-electron chi connectivity index (χ2n) is 5.85. The van der Waals surface area contributed by atoms with E-state index in [0.717, 1.165) is 6.07 Å². The van der Waals surface area contributed by atoms with Gasteiger partial charge in [-0.25, -0.2) is 22.1 Å². The Morgan fingerprint density at radius 1 is 1.36 bits per heavy atom. The molecule has 1 aromatic rings. The van der Waals surface area contributed by atoms with Crippen LogP contribution in [0.1, 0.15) is 32.8 Å². The summed E-state index contributed by atoms with van der Waals surface area (Å²) in [6.07, 6.45) is -3.53. The molecule has 2 atom stereocenters. The van der Waals surface area contributed by atoms with E-state index in [-0.39, 0.29) is 5.56 Å². The van der Waals surface area contributed by atoms with Crippen LogP contribution in [0.15, 0.2) is 22.7 Å². The maximum absolute atomic E-state index is 14.1. The Kier molecular flexibility index (Phi) is 6.61. The molecule has 0 aliphatic heterocycles. The Hall–Kier alpha value is -0.440. The molecule has 0 heterocycles. The number of aliphatic hydroxyl groups is 1. The van der Waals surface area contributed by atoms with Crippen molar-refractivity contribution in [3.05, 3.63) is 34.1 Å². The summed E-state index contributed by atoms with van der Waals surface area (Å²) in [6.45, 7) is 4.23. The molecule has 0 spiro atoms. The number of rotatable bonds is 6. The standard InChI is InChI=1S/C14H19BrF3NO2S/c1-13(2,3)22(21)19-14(6-7-20,12(17)18)10-8-9(15)4-5-11(10)16/h4-5,8,12,19-20H,6-7H2,1-3H3/t14-,22-/m0/s1. The van der Waals surface area contributed by atoms with Gasteiger partial charge in [0.05, 0.1) is 15.7 Å². The van der Waals surface area contributed by atoms with Crippen molar-refractivity contribution >= 4 is 26.9 Å². The lowest BCUT2D eigenvalue weighted by molar-refractivity contribution is 0.0239. The Morgan fingerprint density at radius 3 is 2.41 bits per heavy atom. The molecule has 8 heteroatoms. The van der Waals surface area contributed by atoms with Crippen molar-refractivity contribution in [2.24, 2.45) is 0 Å². The van der Waals surface area contributed by atoms with Crippen LogP contribution < -0.4 is 4.72 Å². The molecule has 0 saturated carbocycles. The van der Waals surface area contributed by atoms with Crippen molar-refractivity contribution in [2.45, 2.75) is 43.9 Å². The molecule has 0 unspecified atom stereocenters. The Morgan fingerprint density at radius 2 is 1.95 bits per heavy atom. The van der Waals surface area contributed by atoms with Crippen LogP contribution in [0, 0.1) is 5.82 Å². The Bertz CT molecular complexity index is 551. The zero-order valence-electron chi connectivity index (χ0n) is 12.5. The summed E-state index contributed by atoms with van der Waals surface area (Å²) in [5.74, 6) is -0.852. The van der Waals surface area contributed by atoms with E-state index in [1.807, 2.05) is 0 Å². The normalized spacial score (nSPS) is 16.6. The smallest absolute Gasteiger partial charge is 0.261 e. The summed E-state index contributed by atoms with van der Waals surface area (Å²) in [4.78, 5) is 0. The molecule has 1 aromatic carbocycles. The predicted octanol–water partition coefficient (Wildman–Crippen LogP) is 3.48. The van der Waals surface area contributed by atoms with Crippen molar-refractivity contribution in [2.75, 3.05) is 6.61 Å². The van der Waals surface area contributed by atoms with Crippen molar-refractivity contribution in [1.82, 2.24) is 4.72 Å². The van der Waals surface area contributed by atoms with Gasteiger partial charge in [0.15, 0.2) is 0 Å². The van der Waals surface area contributed by atoms with Gasteiger partial charge in [0.25, 0.3) is 6.43 Å². The topological polar surface area (TPSA) is 49.3 Å². The third kappa shape index (κ3) is 4.31. The molecule has 2 N–H and O–H groups in total. The fourth-order valence-corrected chi connectivity index (χ4v) is 3.15. The summed E-state index contributed by atoms with van der Waals surface area (Å²) in [5, 5.41) is 9.18. The van der Waals surface area contributed by atoms with Crippen LogP contribution in [0.5, 0.6) is 0 Å². The van der Waals surface area contributed by atoms with E-state index in [4.69, 9.17) is 0 Å². The van der Waals surface area contributed by atoms with Crippen molar-refractivity contribution in [3.8, 4) is 0 Å². The van der Waals surface area contributed by atoms with E-state index in [9.17, 15) is 22.5 Å². The van der Waals surface area contributed by atoms with Crippen molar-refractivity contribution in [1.29, 1.82) is 0 Å². The van der Waals surface area contributed by atoms with Crippen LogP contribution in [0.25, 0.3) is 0 Å². The van der Waals surface area contributed by atoms with Crippen LogP contribution in [0.2, 0.25) is 0 Å².